The third-order valence-electron chi connectivity index (χ3n) is 3.58. The van der Waals surface area contributed by atoms with Crippen LogP contribution < -0.4 is 10.1 Å². The molecule has 0 saturated carbocycles. The third kappa shape index (κ3) is 4.63. The van der Waals surface area contributed by atoms with Crippen LogP contribution in [0.15, 0.2) is 54.6 Å². The zero-order valence-corrected chi connectivity index (χ0v) is 14.7. The number of ether oxygens (including phenoxy) is 1. The number of carbonyl (C=O) groups excluding carboxylic acids is 1. The number of nitrogens with one attached hydrogen (secondary N) is 1. The van der Waals surface area contributed by atoms with Crippen LogP contribution in [0, 0.1) is 24.0 Å². The van der Waals surface area contributed by atoms with Crippen molar-refractivity contribution in [2.24, 2.45) is 0 Å². The molecule has 0 saturated heterocycles. The largest absolute Gasteiger partial charge is 0.423 e. The quantitative estimate of drug-likeness (QED) is 0.316. The Morgan fingerprint density at radius 2 is 1.74 bits per heavy atom. The van der Waals surface area contributed by atoms with E-state index in [0.29, 0.717) is 17.4 Å². The second kappa shape index (κ2) is 7.61. The zero-order valence-electron chi connectivity index (χ0n) is 14.7. The molecule has 8 heteroatoms. The number of non-ortho nitro benzene ring substituents is 1. The molecule has 0 aliphatic carbocycles. The lowest BCUT2D eigenvalue weighted by Crippen LogP contribution is -2.09. The molecule has 0 atom stereocenters. The Labute approximate surface area is 155 Å². The van der Waals surface area contributed by atoms with Crippen molar-refractivity contribution in [3.8, 4) is 5.75 Å². The van der Waals surface area contributed by atoms with Gasteiger partial charge in [-0.05, 0) is 38.1 Å². The molecule has 8 nitrogen and oxygen atoms in total. The topological polar surface area (TPSA) is 107 Å². The molecule has 1 aromatic heterocycles. The average molecular weight is 364 g/mol. The number of nitro benzene ring substituents is 1. The van der Waals surface area contributed by atoms with E-state index in [1.54, 1.807) is 24.3 Å². The van der Waals surface area contributed by atoms with Gasteiger partial charge in [-0.2, -0.15) is 0 Å². The van der Waals surface area contributed by atoms with Crippen molar-refractivity contribution < 1.29 is 14.5 Å². The number of carbonyl (C=O) groups is 1. The summed E-state index contributed by atoms with van der Waals surface area (Å²) >= 11 is 0. The molecule has 0 unspecified atom stereocenters. The molecule has 0 fully saturated rings. The molecule has 0 spiro atoms. The second-order valence-electron chi connectivity index (χ2n) is 5.82. The van der Waals surface area contributed by atoms with Gasteiger partial charge in [-0.3, -0.25) is 10.1 Å². The van der Waals surface area contributed by atoms with Gasteiger partial charge >= 0.3 is 5.97 Å². The highest BCUT2D eigenvalue weighted by Crippen LogP contribution is 2.22. The first kappa shape index (κ1) is 18.0. The monoisotopic (exact) mass is 364 g/mol. The van der Waals surface area contributed by atoms with Crippen molar-refractivity contribution in [1.82, 2.24) is 9.97 Å². The number of benzene rings is 2. The first-order chi connectivity index (χ1) is 12.9. The fraction of sp³-hybridized carbons (Fsp3) is 0.105. The first-order valence-electron chi connectivity index (χ1n) is 8.07. The number of hydrogen-bond donors (Lipinski definition) is 1. The van der Waals surface area contributed by atoms with Crippen LogP contribution in [0.1, 0.15) is 21.7 Å². The Balaban J connectivity index is 1.76. The summed E-state index contributed by atoms with van der Waals surface area (Å²) in [4.78, 5) is 31.1. The lowest BCUT2D eigenvalue weighted by molar-refractivity contribution is -0.384. The van der Waals surface area contributed by atoms with E-state index in [0.717, 1.165) is 11.4 Å². The minimum atomic E-state index is -0.682. The molecule has 27 heavy (non-hydrogen) atoms. The minimum absolute atomic E-state index is 0.0974. The Bertz CT molecular complexity index is 1000. The van der Waals surface area contributed by atoms with Gasteiger partial charge in [-0.15, -0.1) is 0 Å². The third-order valence-corrected chi connectivity index (χ3v) is 3.58. The number of nitrogens with zero attached hydrogens (tertiary/aromatic N) is 3. The molecule has 0 amide bonds. The fourth-order valence-corrected chi connectivity index (χ4v) is 2.46. The molecule has 3 aromatic rings. The lowest BCUT2D eigenvalue weighted by atomic mass is 10.2. The van der Waals surface area contributed by atoms with E-state index in [2.05, 4.69) is 15.3 Å². The van der Waals surface area contributed by atoms with Crippen molar-refractivity contribution in [2.45, 2.75) is 13.8 Å². The number of aryl methyl sites for hydroxylation is 2. The van der Waals surface area contributed by atoms with Crippen molar-refractivity contribution in [2.75, 3.05) is 5.32 Å². The standard InChI is InChI=1S/C19H16N4O4/c1-12-9-13(2)21-19(20-12)22-15-6-4-8-17(11-15)27-18(24)14-5-3-7-16(10-14)23(25)26/h3-11H,1-2H3,(H,20,21,22). The van der Waals surface area contributed by atoms with E-state index >= 15 is 0 Å². The highest BCUT2D eigenvalue weighted by molar-refractivity contribution is 5.91. The maximum atomic E-state index is 12.3. The van der Waals surface area contributed by atoms with Gasteiger partial charge in [-0.25, -0.2) is 14.8 Å². The van der Waals surface area contributed by atoms with Crippen LogP contribution in [0.3, 0.4) is 0 Å². The summed E-state index contributed by atoms with van der Waals surface area (Å²) in [5, 5.41) is 13.9. The van der Waals surface area contributed by atoms with Crippen LogP contribution in [-0.2, 0) is 0 Å². The van der Waals surface area contributed by atoms with E-state index in [1.165, 1.54) is 24.3 Å². The van der Waals surface area contributed by atoms with Gasteiger partial charge in [0.2, 0.25) is 5.95 Å². The molecule has 1 N–H and O–H groups in total. The van der Waals surface area contributed by atoms with Crippen LogP contribution in [0.5, 0.6) is 5.75 Å². The van der Waals surface area contributed by atoms with Gasteiger partial charge in [0.05, 0.1) is 10.5 Å². The van der Waals surface area contributed by atoms with Crippen LogP contribution in [0.4, 0.5) is 17.3 Å². The summed E-state index contributed by atoms with van der Waals surface area (Å²) in [7, 11) is 0. The highest BCUT2D eigenvalue weighted by Gasteiger charge is 2.13. The SMILES string of the molecule is Cc1cc(C)nc(Nc2cccc(OC(=O)c3cccc([N+](=O)[O-])c3)c2)n1. The lowest BCUT2D eigenvalue weighted by Gasteiger charge is -2.09. The van der Waals surface area contributed by atoms with Gasteiger partial charge in [0.25, 0.3) is 5.69 Å². The summed E-state index contributed by atoms with van der Waals surface area (Å²) in [5.41, 5.74) is 2.23. The van der Waals surface area contributed by atoms with E-state index in [-0.39, 0.29) is 11.3 Å². The Hall–Kier alpha value is -3.81. The summed E-state index contributed by atoms with van der Waals surface area (Å²) < 4.78 is 5.32. The van der Waals surface area contributed by atoms with Crippen molar-refractivity contribution in [3.05, 3.63) is 81.7 Å². The average Bonchev–Trinajstić information content (AvgIpc) is 2.61. The Morgan fingerprint density at radius 3 is 2.44 bits per heavy atom. The molecule has 0 aliphatic heterocycles. The predicted octanol–water partition coefficient (Wildman–Crippen LogP) is 3.96. The summed E-state index contributed by atoms with van der Waals surface area (Å²) in [6.07, 6.45) is 0. The van der Waals surface area contributed by atoms with Crippen LogP contribution in [-0.4, -0.2) is 20.9 Å². The van der Waals surface area contributed by atoms with Gasteiger partial charge in [-0.1, -0.05) is 12.1 Å². The van der Waals surface area contributed by atoms with Gasteiger partial charge < -0.3 is 10.1 Å². The van der Waals surface area contributed by atoms with Gasteiger partial charge in [0.1, 0.15) is 5.75 Å². The molecule has 2 aromatic carbocycles. The molecule has 0 bridgehead atoms. The zero-order chi connectivity index (χ0) is 19.4. The van der Waals surface area contributed by atoms with E-state index < -0.39 is 10.9 Å². The van der Waals surface area contributed by atoms with Crippen LogP contribution in [0.2, 0.25) is 0 Å². The van der Waals surface area contributed by atoms with Gasteiger partial charge in [0, 0.05) is 35.3 Å². The maximum absolute atomic E-state index is 12.3. The van der Waals surface area contributed by atoms with E-state index in [4.69, 9.17) is 4.74 Å². The molecule has 0 aliphatic rings. The first-order valence-corrected chi connectivity index (χ1v) is 8.07. The summed E-state index contributed by atoms with van der Waals surface area (Å²) in [5.74, 6) is 0.0500. The van der Waals surface area contributed by atoms with Gasteiger partial charge in [0.15, 0.2) is 0 Å². The molecule has 0 radical (unpaired) electrons. The predicted molar refractivity (Wildman–Crippen MR) is 99.3 cm³/mol. The minimum Gasteiger partial charge on any atom is -0.423 e. The number of hydrogen-bond acceptors (Lipinski definition) is 7. The smallest absolute Gasteiger partial charge is 0.343 e. The number of esters is 1. The normalized spacial score (nSPS) is 10.3. The fourth-order valence-electron chi connectivity index (χ4n) is 2.46. The van der Waals surface area contributed by atoms with Crippen molar-refractivity contribution in [1.29, 1.82) is 0 Å². The number of aromatic nitrogens is 2. The Morgan fingerprint density at radius 1 is 1.04 bits per heavy atom. The molecular formula is C19H16N4O4. The molecule has 1 heterocycles. The number of nitro groups is 1. The highest BCUT2D eigenvalue weighted by atomic mass is 16.6. The van der Waals surface area contributed by atoms with E-state index in [1.807, 2.05) is 19.9 Å². The Kier molecular flexibility index (Phi) is 5.07. The van der Waals surface area contributed by atoms with Crippen LogP contribution in [0.25, 0.3) is 0 Å². The maximum Gasteiger partial charge on any atom is 0.343 e. The van der Waals surface area contributed by atoms with Crippen molar-refractivity contribution >= 4 is 23.3 Å². The van der Waals surface area contributed by atoms with E-state index in [9.17, 15) is 14.9 Å². The van der Waals surface area contributed by atoms with Crippen molar-refractivity contribution in [3.63, 3.8) is 0 Å². The molecular weight excluding hydrogens is 348 g/mol. The summed E-state index contributed by atoms with van der Waals surface area (Å²) in [6.45, 7) is 3.74. The molecule has 136 valence electrons. The number of rotatable bonds is 5. The molecule has 3 rings (SSSR count). The number of anilines is 2. The second-order valence-corrected chi connectivity index (χ2v) is 5.82. The van der Waals surface area contributed by atoms with Crippen LogP contribution >= 0.6 is 0 Å². The summed E-state index contributed by atoms with van der Waals surface area (Å²) in [6, 6.07) is 14.0.